The second-order valence-corrected chi connectivity index (χ2v) is 4.55. The molecule has 0 fully saturated rings. The average Bonchev–Trinajstić information content (AvgIpc) is 2.29. The van der Waals surface area contributed by atoms with Crippen molar-refractivity contribution in [2.24, 2.45) is 11.8 Å². The Balaban J connectivity index is 2.82. The Kier molecular flexibility index (Phi) is 5.19. The Morgan fingerprint density at radius 3 is 2.69 bits per heavy atom. The summed E-state index contributed by atoms with van der Waals surface area (Å²) in [5, 5.41) is 0.142. The van der Waals surface area contributed by atoms with E-state index in [2.05, 4.69) is 19.3 Å². The van der Waals surface area contributed by atoms with Crippen molar-refractivity contribution in [1.29, 1.82) is 0 Å². The van der Waals surface area contributed by atoms with Crippen LogP contribution in [0.5, 0.6) is 0 Å². The van der Waals surface area contributed by atoms with E-state index in [1.54, 1.807) is 12.1 Å². The molecule has 0 saturated heterocycles. The number of rotatable bonds is 5. The van der Waals surface area contributed by atoms with Gasteiger partial charge in [0.1, 0.15) is 5.82 Å². The number of nitrogens with two attached hydrogens (primary N) is 1. The SMILES string of the molecule is CCC(C)CC(NN)c1ccc(Cl)c(F)c1. The van der Waals surface area contributed by atoms with Gasteiger partial charge in [0.2, 0.25) is 0 Å². The summed E-state index contributed by atoms with van der Waals surface area (Å²) in [6.07, 6.45) is 1.96. The zero-order chi connectivity index (χ0) is 12.1. The zero-order valence-electron chi connectivity index (χ0n) is 9.63. The predicted octanol–water partition coefficient (Wildman–Crippen LogP) is 3.42. The topological polar surface area (TPSA) is 38.0 Å². The van der Waals surface area contributed by atoms with Gasteiger partial charge in [-0.2, -0.15) is 0 Å². The van der Waals surface area contributed by atoms with Crippen LogP contribution in [-0.4, -0.2) is 0 Å². The quantitative estimate of drug-likeness (QED) is 0.615. The molecule has 0 bridgehead atoms. The molecule has 0 aliphatic heterocycles. The van der Waals surface area contributed by atoms with Gasteiger partial charge in [-0.25, -0.2) is 4.39 Å². The molecule has 2 atom stereocenters. The summed E-state index contributed by atoms with van der Waals surface area (Å²) in [5.74, 6) is 5.63. The van der Waals surface area contributed by atoms with Crippen molar-refractivity contribution < 1.29 is 4.39 Å². The summed E-state index contributed by atoms with van der Waals surface area (Å²) >= 11 is 5.63. The summed E-state index contributed by atoms with van der Waals surface area (Å²) in [5.41, 5.74) is 3.56. The molecule has 0 spiro atoms. The second-order valence-electron chi connectivity index (χ2n) is 4.14. The molecule has 1 rings (SSSR count). The highest BCUT2D eigenvalue weighted by molar-refractivity contribution is 6.30. The molecule has 0 amide bonds. The van der Waals surface area contributed by atoms with Crippen LogP contribution in [0.4, 0.5) is 4.39 Å². The minimum atomic E-state index is -0.399. The van der Waals surface area contributed by atoms with Gasteiger partial charge in [-0.3, -0.25) is 11.3 Å². The van der Waals surface area contributed by atoms with Gasteiger partial charge in [0.25, 0.3) is 0 Å². The lowest BCUT2D eigenvalue weighted by molar-refractivity contribution is 0.406. The number of nitrogens with one attached hydrogen (secondary N) is 1. The van der Waals surface area contributed by atoms with Crippen LogP contribution >= 0.6 is 11.6 Å². The van der Waals surface area contributed by atoms with Crippen molar-refractivity contribution in [3.8, 4) is 0 Å². The number of halogens is 2. The first-order valence-corrected chi connectivity index (χ1v) is 5.87. The summed E-state index contributed by atoms with van der Waals surface area (Å²) in [7, 11) is 0. The van der Waals surface area contributed by atoms with Crippen molar-refractivity contribution >= 4 is 11.6 Å². The highest BCUT2D eigenvalue weighted by atomic mass is 35.5. The maximum Gasteiger partial charge on any atom is 0.142 e. The molecule has 0 aliphatic carbocycles. The first-order valence-electron chi connectivity index (χ1n) is 5.49. The fourth-order valence-corrected chi connectivity index (χ4v) is 1.72. The molecule has 0 aromatic heterocycles. The van der Waals surface area contributed by atoms with E-state index in [4.69, 9.17) is 17.4 Å². The zero-order valence-corrected chi connectivity index (χ0v) is 10.4. The van der Waals surface area contributed by atoms with E-state index in [0.29, 0.717) is 5.92 Å². The molecular weight excluding hydrogens is 227 g/mol. The fourth-order valence-electron chi connectivity index (χ4n) is 1.60. The van der Waals surface area contributed by atoms with Gasteiger partial charge in [-0.05, 0) is 30.0 Å². The standard InChI is InChI=1S/C12H18ClFN2/c1-3-8(2)6-12(16-15)9-4-5-10(13)11(14)7-9/h4-5,7-8,12,16H,3,6,15H2,1-2H3. The fraction of sp³-hybridized carbons (Fsp3) is 0.500. The van der Waals surface area contributed by atoms with Crippen molar-refractivity contribution in [3.05, 3.63) is 34.6 Å². The molecule has 2 nitrogen and oxygen atoms in total. The molecule has 3 N–H and O–H groups in total. The molecule has 1 aromatic rings. The Hall–Kier alpha value is -0.640. The third-order valence-corrected chi connectivity index (χ3v) is 3.19. The first-order chi connectivity index (χ1) is 7.58. The summed E-state index contributed by atoms with van der Waals surface area (Å²) in [6.45, 7) is 4.28. The molecule has 2 unspecified atom stereocenters. The van der Waals surface area contributed by atoms with E-state index in [-0.39, 0.29) is 11.1 Å². The second kappa shape index (κ2) is 6.18. The van der Waals surface area contributed by atoms with Gasteiger partial charge < -0.3 is 0 Å². The Morgan fingerprint density at radius 2 is 2.19 bits per heavy atom. The van der Waals surface area contributed by atoms with Gasteiger partial charge in [-0.15, -0.1) is 0 Å². The lowest BCUT2D eigenvalue weighted by Gasteiger charge is -2.20. The molecular formula is C12H18ClFN2. The van der Waals surface area contributed by atoms with Crippen LogP contribution in [0.3, 0.4) is 0 Å². The number of hydrazine groups is 1. The van der Waals surface area contributed by atoms with Crippen molar-refractivity contribution in [2.45, 2.75) is 32.7 Å². The molecule has 0 radical (unpaired) electrons. The van der Waals surface area contributed by atoms with E-state index in [1.807, 2.05) is 0 Å². The van der Waals surface area contributed by atoms with Crippen LogP contribution in [0.25, 0.3) is 0 Å². The molecule has 16 heavy (non-hydrogen) atoms. The average molecular weight is 245 g/mol. The van der Waals surface area contributed by atoms with E-state index in [0.717, 1.165) is 18.4 Å². The maximum absolute atomic E-state index is 13.3. The number of hydrogen-bond acceptors (Lipinski definition) is 2. The van der Waals surface area contributed by atoms with E-state index in [9.17, 15) is 4.39 Å². The lowest BCUT2D eigenvalue weighted by Crippen LogP contribution is -2.29. The third-order valence-electron chi connectivity index (χ3n) is 2.88. The maximum atomic E-state index is 13.3. The number of hydrogen-bond donors (Lipinski definition) is 2. The molecule has 0 aliphatic rings. The lowest BCUT2D eigenvalue weighted by atomic mass is 9.95. The van der Waals surface area contributed by atoms with Crippen molar-refractivity contribution in [2.75, 3.05) is 0 Å². The van der Waals surface area contributed by atoms with E-state index < -0.39 is 5.82 Å². The molecule has 1 aromatic carbocycles. The molecule has 4 heteroatoms. The van der Waals surface area contributed by atoms with Crippen LogP contribution in [0.2, 0.25) is 5.02 Å². The summed E-state index contributed by atoms with van der Waals surface area (Å²) in [6, 6.07) is 4.78. The Morgan fingerprint density at radius 1 is 1.50 bits per heavy atom. The highest BCUT2D eigenvalue weighted by Crippen LogP contribution is 2.25. The van der Waals surface area contributed by atoms with Crippen LogP contribution in [-0.2, 0) is 0 Å². The van der Waals surface area contributed by atoms with Gasteiger partial charge in [0, 0.05) is 6.04 Å². The summed E-state index contributed by atoms with van der Waals surface area (Å²) < 4.78 is 13.3. The van der Waals surface area contributed by atoms with Crippen LogP contribution < -0.4 is 11.3 Å². The number of benzene rings is 1. The van der Waals surface area contributed by atoms with Crippen LogP contribution in [0.1, 0.15) is 38.3 Å². The Labute approximate surface area is 101 Å². The molecule has 0 heterocycles. The smallest absolute Gasteiger partial charge is 0.142 e. The minimum absolute atomic E-state index is 0.0262. The van der Waals surface area contributed by atoms with E-state index >= 15 is 0 Å². The normalized spacial score (nSPS) is 14.8. The van der Waals surface area contributed by atoms with E-state index in [1.165, 1.54) is 6.07 Å². The highest BCUT2D eigenvalue weighted by Gasteiger charge is 2.14. The molecule has 90 valence electrons. The van der Waals surface area contributed by atoms with Gasteiger partial charge in [-0.1, -0.05) is 37.9 Å². The third kappa shape index (κ3) is 3.44. The first kappa shape index (κ1) is 13.4. The predicted molar refractivity (Wildman–Crippen MR) is 65.5 cm³/mol. The van der Waals surface area contributed by atoms with Gasteiger partial charge in [0.15, 0.2) is 0 Å². The van der Waals surface area contributed by atoms with Crippen molar-refractivity contribution in [3.63, 3.8) is 0 Å². The summed E-state index contributed by atoms with van der Waals surface area (Å²) in [4.78, 5) is 0. The largest absolute Gasteiger partial charge is 0.271 e. The van der Waals surface area contributed by atoms with Gasteiger partial charge in [0.05, 0.1) is 5.02 Å². The van der Waals surface area contributed by atoms with Crippen molar-refractivity contribution in [1.82, 2.24) is 5.43 Å². The Bertz CT molecular complexity index is 344. The van der Waals surface area contributed by atoms with Gasteiger partial charge >= 0.3 is 0 Å². The van der Waals surface area contributed by atoms with Crippen LogP contribution in [0.15, 0.2) is 18.2 Å². The minimum Gasteiger partial charge on any atom is -0.271 e. The van der Waals surface area contributed by atoms with Crippen LogP contribution in [0, 0.1) is 11.7 Å². The molecule has 0 saturated carbocycles. The monoisotopic (exact) mass is 244 g/mol.